The quantitative estimate of drug-likeness (QED) is 0.838. The molecule has 3 heteroatoms. The molecular formula is C9H11FIN. The number of hydrogen-bond acceptors (Lipinski definition) is 1. The maximum Gasteiger partial charge on any atom is 0.123 e. The highest BCUT2D eigenvalue weighted by molar-refractivity contribution is 14.1. The van der Waals surface area contributed by atoms with Gasteiger partial charge >= 0.3 is 0 Å². The highest BCUT2D eigenvalue weighted by Crippen LogP contribution is 2.13. The second-order valence-electron chi connectivity index (χ2n) is 2.52. The van der Waals surface area contributed by atoms with E-state index in [4.69, 9.17) is 0 Å². The van der Waals surface area contributed by atoms with Gasteiger partial charge in [0.15, 0.2) is 0 Å². The Labute approximate surface area is 85.5 Å². The molecule has 0 aliphatic rings. The van der Waals surface area contributed by atoms with Crippen molar-refractivity contribution in [1.82, 2.24) is 5.32 Å². The summed E-state index contributed by atoms with van der Waals surface area (Å²) in [4.78, 5) is 0. The lowest BCUT2D eigenvalue weighted by molar-refractivity contribution is 0.621. The molecule has 0 atom stereocenters. The van der Waals surface area contributed by atoms with E-state index in [-0.39, 0.29) is 5.82 Å². The minimum atomic E-state index is -0.164. The summed E-state index contributed by atoms with van der Waals surface area (Å²) in [7, 11) is 0. The Bertz CT molecular complexity index is 263. The van der Waals surface area contributed by atoms with E-state index < -0.39 is 0 Å². The average molecular weight is 279 g/mol. The molecular weight excluding hydrogens is 268 g/mol. The summed E-state index contributed by atoms with van der Waals surface area (Å²) in [6.45, 7) is 3.69. The van der Waals surface area contributed by atoms with Crippen molar-refractivity contribution in [2.45, 2.75) is 13.5 Å². The molecule has 0 radical (unpaired) electrons. The van der Waals surface area contributed by atoms with Crippen LogP contribution in [-0.2, 0) is 6.54 Å². The van der Waals surface area contributed by atoms with Gasteiger partial charge in [-0.25, -0.2) is 4.39 Å². The highest BCUT2D eigenvalue weighted by atomic mass is 127. The molecule has 0 saturated heterocycles. The number of nitrogens with one attached hydrogen (secondary N) is 1. The second kappa shape index (κ2) is 4.77. The first-order valence-electron chi connectivity index (χ1n) is 3.88. The van der Waals surface area contributed by atoms with Crippen molar-refractivity contribution in [3.8, 4) is 0 Å². The smallest absolute Gasteiger partial charge is 0.123 e. The van der Waals surface area contributed by atoms with Crippen LogP contribution in [0.15, 0.2) is 18.2 Å². The van der Waals surface area contributed by atoms with Gasteiger partial charge in [0.2, 0.25) is 0 Å². The third kappa shape index (κ3) is 2.71. The lowest BCUT2D eigenvalue weighted by Gasteiger charge is -2.04. The largest absolute Gasteiger partial charge is 0.313 e. The molecule has 1 aromatic rings. The Morgan fingerprint density at radius 1 is 1.50 bits per heavy atom. The molecule has 66 valence electrons. The molecule has 0 heterocycles. The summed E-state index contributed by atoms with van der Waals surface area (Å²) in [5, 5.41) is 3.16. The van der Waals surface area contributed by atoms with E-state index in [1.165, 1.54) is 6.07 Å². The summed E-state index contributed by atoms with van der Waals surface area (Å²) < 4.78 is 13.8. The van der Waals surface area contributed by atoms with Crippen molar-refractivity contribution in [3.05, 3.63) is 33.1 Å². The van der Waals surface area contributed by atoms with E-state index in [0.717, 1.165) is 22.2 Å². The molecule has 0 fully saturated rings. The minimum Gasteiger partial charge on any atom is -0.313 e. The van der Waals surface area contributed by atoms with Crippen LogP contribution in [0.5, 0.6) is 0 Å². The normalized spacial score (nSPS) is 10.2. The number of rotatable bonds is 3. The Balaban J connectivity index is 2.75. The summed E-state index contributed by atoms with van der Waals surface area (Å²) in [6.07, 6.45) is 0. The van der Waals surface area contributed by atoms with Crippen molar-refractivity contribution in [3.63, 3.8) is 0 Å². The lowest BCUT2D eigenvalue weighted by atomic mass is 10.2. The van der Waals surface area contributed by atoms with E-state index >= 15 is 0 Å². The fraction of sp³-hybridized carbons (Fsp3) is 0.333. The van der Waals surface area contributed by atoms with Gasteiger partial charge in [0.1, 0.15) is 5.82 Å². The first-order chi connectivity index (χ1) is 5.74. The second-order valence-corrected chi connectivity index (χ2v) is 3.68. The molecule has 1 aromatic carbocycles. The summed E-state index contributed by atoms with van der Waals surface area (Å²) in [6, 6.07) is 4.85. The van der Waals surface area contributed by atoms with Gasteiger partial charge in [0.05, 0.1) is 0 Å². The fourth-order valence-corrected chi connectivity index (χ4v) is 1.46. The maximum atomic E-state index is 12.7. The zero-order chi connectivity index (χ0) is 8.97. The SMILES string of the molecule is CCNCc1cc(F)ccc1I. The molecule has 0 unspecified atom stereocenters. The number of halogens is 2. The molecule has 0 saturated carbocycles. The van der Waals surface area contributed by atoms with Gasteiger partial charge in [0.25, 0.3) is 0 Å². The van der Waals surface area contributed by atoms with Gasteiger partial charge in [-0.15, -0.1) is 0 Å². The van der Waals surface area contributed by atoms with Gasteiger partial charge in [-0.2, -0.15) is 0 Å². The fourth-order valence-electron chi connectivity index (χ4n) is 0.938. The average Bonchev–Trinajstić information content (AvgIpc) is 2.07. The van der Waals surface area contributed by atoms with E-state index in [1.54, 1.807) is 12.1 Å². The zero-order valence-corrected chi connectivity index (χ0v) is 9.06. The molecule has 0 amide bonds. The predicted octanol–water partition coefficient (Wildman–Crippen LogP) is 2.54. The third-order valence-corrected chi connectivity index (χ3v) is 2.63. The lowest BCUT2D eigenvalue weighted by Crippen LogP contribution is -2.12. The van der Waals surface area contributed by atoms with Crippen LogP contribution in [0, 0.1) is 9.39 Å². The van der Waals surface area contributed by atoms with Crippen LogP contribution < -0.4 is 5.32 Å². The maximum absolute atomic E-state index is 12.7. The Morgan fingerprint density at radius 2 is 2.25 bits per heavy atom. The van der Waals surface area contributed by atoms with Gasteiger partial charge in [0, 0.05) is 10.1 Å². The van der Waals surface area contributed by atoms with Crippen LogP contribution in [0.1, 0.15) is 12.5 Å². The van der Waals surface area contributed by atoms with Crippen LogP contribution in [0.4, 0.5) is 4.39 Å². The number of hydrogen-bond donors (Lipinski definition) is 1. The number of benzene rings is 1. The zero-order valence-electron chi connectivity index (χ0n) is 6.90. The molecule has 12 heavy (non-hydrogen) atoms. The summed E-state index contributed by atoms with van der Waals surface area (Å²) >= 11 is 2.21. The van der Waals surface area contributed by atoms with Gasteiger partial charge in [-0.3, -0.25) is 0 Å². The molecule has 0 aliphatic heterocycles. The van der Waals surface area contributed by atoms with Crippen molar-refractivity contribution < 1.29 is 4.39 Å². The van der Waals surface area contributed by atoms with Crippen molar-refractivity contribution >= 4 is 22.6 Å². The van der Waals surface area contributed by atoms with Gasteiger partial charge in [-0.05, 0) is 52.9 Å². The minimum absolute atomic E-state index is 0.164. The van der Waals surface area contributed by atoms with Gasteiger partial charge in [-0.1, -0.05) is 6.92 Å². The summed E-state index contributed by atoms with van der Waals surface area (Å²) in [5.41, 5.74) is 1.03. The van der Waals surface area contributed by atoms with Crippen molar-refractivity contribution in [1.29, 1.82) is 0 Å². The van der Waals surface area contributed by atoms with E-state index in [2.05, 4.69) is 27.9 Å². The van der Waals surface area contributed by atoms with Crippen LogP contribution in [0.25, 0.3) is 0 Å². The molecule has 0 aliphatic carbocycles. The molecule has 0 aromatic heterocycles. The van der Waals surface area contributed by atoms with Crippen molar-refractivity contribution in [2.75, 3.05) is 6.54 Å². The first kappa shape index (κ1) is 9.92. The van der Waals surface area contributed by atoms with Crippen LogP contribution in [-0.4, -0.2) is 6.54 Å². The molecule has 1 nitrogen and oxygen atoms in total. The predicted molar refractivity (Wildman–Crippen MR) is 56.5 cm³/mol. The van der Waals surface area contributed by atoms with E-state index in [9.17, 15) is 4.39 Å². The van der Waals surface area contributed by atoms with E-state index in [0.29, 0.717) is 0 Å². The van der Waals surface area contributed by atoms with Crippen LogP contribution in [0.2, 0.25) is 0 Å². The standard InChI is InChI=1S/C9H11FIN/c1-2-12-6-7-5-8(10)3-4-9(7)11/h3-5,12H,2,6H2,1H3. The van der Waals surface area contributed by atoms with Crippen molar-refractivity contribution in [2.24, 2.45) is 0 Å². The third-order valence-electron chi connectivity index (χ3n) is 1.57. The topological polar surface area (TPSA) is 12.0 Å². The molecule has 1 rings (SSSR count). The van der Waals surface area contributed by atoms with Crippen LogP contribution >= 0.6 is 22.6 Å². The van der Waals surface area contributed by atoms with E-state index in [1.807, 2.05) is 6.92 Å². The van der Waals surface area contributed by atoms with Crippen LogP contribution in [0.3, 0.4) is 0 Å². The Kier molecular flexibility index (Phi) is 3.94. The summed E-state index contributed by atoms with van der Waals surface area (Å²) in [5.74, 6) is -0.164. The molecule has 0 spiro atoms. The first-order valence-corrected chi connectivity index (χ1v) is 4.96. The van der Waals surface area contributed by atoms with Gasteiger partial charge < -0.3 is 5.32 Å². The highest BCUT2D eigenvalue weighted by Gasteiger charge is 1.99. The molecule has 0 bridgehead atoms. The monoisotopic (exact) mass is 279 g/mol. The molecule has 1 N–H and O–H groups in total. The Hall–Kier alpha value is -0.160. The Morgan fingerprint density at radius 3 is 2.92 bits per heavy atom.